The van der Waals surface area contributed by atoms with Crippen LogP contribution in [0.2, 0.25) is 0 Å². The lowest BCUT2D eigenvalue weighted by Crippen LogP contribution is -2.50. The highest BCUT2D eigenvalue weighted by atomic mass is 79.9. The Labute approximate surface area is 149 Å². The molecule has 0 unspecified atom stereocenters. The Morgan fingerprint density at radius 2 is 1.92 bits per heavy atom. The SMILES string of the molecule is CCS(=O)(=O)N1CCN(C(=O)c2oc3ccc(Br)cc3c2C)CC1. The monoisotopic (exact) mass is 414 g/mol. The van der Waals surface area contributed by atoms with Gasteiger partial charge in [-0.1, -0.05) is 15.9 Å². The first-order chi connectivity index (χ1) is 11.3. The summed E-state index contributed by atoms with van der Waals surface area (Å²) < 4.78 is 31.9. The second kappa shape index (κ2) is 6.50. The predicted molar refractivity (Wildman–Crippen MR) is 95.6 cm³/mol. The zero-order valence-electron chi connectivity index (χ0n) is 13.6. The van der Waals surface area contributed by atoms with E-state index in [-0.39, 0.29) is 11.7 Å². The van der Waals surface area contributed by atoms with Gasteiger partial charge in [-0.2, -0.15) is 4.31 Å². The van der Waals surface area contributed by atoms with Gasteiger partial charge >= 0.3 is 0 Å². The van der Waals surface area contributed by atoms with Gasteiger partial charge in [0.1, 0.15) is 5.58 Å². The summed E-state index contributed by atoms with van der Waals surface area (Å²) in [4.78, 5) is 14.4. The highest BCUT2D eigenvalue weighted by molar-refractivity contribution is 9.10. The number of hydrogen-bond acceptors (Lipinski definition) is 4. The molecule has 130 valence electrons. The summed E-state index contributed by atoms with van der Waals surface area (Å²) in [6, 6.07) is 5.62. The maximum atomic E-state index is 12.8. The molecule has 1 aliphatic heterocycles. The van der Waals surface area contributed by atoms with Crippen LogP contribution >= 0.6 is 15.9 Å². The van der Waals surface area contributed by atoms with Crippen LogP contribution in [0.15, 0.2) is 27.1 Å². The van der Waals surface area contributed by atoms with Crippen molar-refractivity contribution in [1.29, 1.82) is 0 Å². The summed E-state index contributed by atoms with van der Waals surface area (Å²) in [6.07, 6.45) is 0. The summed E-state index contributed by atoms with van der Waals surface area (Å²) in [7, 11) is -3.20. The zero-order chi connectivity index (χ0) is 17.5. The molecule has 0 spiro atoms. The molecule has 1 aromatic heterocycles. The fourth-order valence-corrected chi connectivity index (χ4v) is 4.34. The number of sulfonamides is 1. The van der Waals surface area contributed by atoms with Crippen molar-refractivity contribution in [3.8, 4) is 0 Å². The normalized spacial score (nSPS) is 16.7. The van der Waals surface area contributed by atoms with Crippen molar-refractivity contribution in [1.82, 2.24) is 9.21 Å². The number of hydrogen-bond donors (Lipinski definition) is 0. The number of piperazine rings is 1. The Morgan fingerprint density at radius 3 is 2.54 bits per heavy atom. The first-order valence-electron chi connectivity index (χ1n) is 7.79. The zero-order valence-corrected chi connectivity index (χ0v) is 16.0. The molecule has 0 aliphatic carbocycles. The molecule has 1 fully saturated rings. The van der Waals surface area contributed by atoms with Gasteiger partial charge in [-0.05, 0) is 32.0 Å². The topological polar surface area (TPSA) is 70.8 Å². The molecule has 1 aliphatic rings. The summed E-state index contributed by atoms with van der Waals surface area (Å²) >= 11 is 3.42. The number of fused-ring (bicyclic) bond motifs is 1. The van der Waals surface area contributed by atoms with Crippen molar-refractivity contribution in [3.63, 3.8) is 0 Å². The van der Waals surface area contributed by atoms with E-state index in [4.69, 9.17) is 4.42 Å². The predicted octanol–water partition coefficient (Wildman–Crippen LogP) is 2.61. The van der Waals surface area contributed by atoms with E-state index in [1.54, 1.807) is 11.8 Å². The number of benzene rings is 1. The molecule has 3 rings (SSSR count). The Bertz CT molecular complexity index is 883. The fourth-order valence-electron chi connectivity index (χ4n) is 2.89. The molecule has 0 saturated carbocycles. The highest BCUT2D eigenvalue weighted by Gasteiger charge is 2.30. The van der Waals surface area contributed by atoms with Crippen molar-refractivity contribution < 1.29 is 17.6 Å². The minimum absolute atomic E-state index is 0.0819. The third-order valence-corrected chi connectivity index (χ3v) is 6.75. The van der Waals surface area contributed by atoms with Crippen LogP contribution in [-0.4, -0.2) is 55.5 Å². The van der Waals surface area contributed by atoms with Crippen LogP contribution < -0.4 is 0 Å². The molecule has 0 atom stereocenters. The number of carbonyl (C=O) groups is 1. The van der Waals surface area contributed by atoms with Crippen LogP contribution in [0.5, 0.6) is 0 Å². The van der Waals surface area contributed by atoms with Crippen molar-refractivity contribution in [2.45, 2.75) is 13.8 Å². The lowest BCUT2D eigenvalue weighted by atomic mass is 10.1. The van der Waals surface area contributed by atoms with E-state index in [1.807, 2.05) is 25.1 Å². The summed E-state index contributed by atoms with van der Waals surface area (Å²) in [6.45, 7) is 4.89. The standard InChI is InChI=1S/C16H19BrN2O4S/c1-3-24(21,22)19-8-6-18(7-9-19)16(20)15-11(2)13-10-12(17)4-5-14(13)23-15/h4-5,10H,3,6-9H2,1-2H3. The molecule has 0 N–H and O–H groups in total. The minimum Gasteiger partial charge on any atom is -0.451 e. The Balaban J connectivity index is 1.80. The van der Waals surface area contributed by atoms with Gasteiger partial charge in [0.25, 0.3) is 5.91 Å². The number of nitrogens with zero attached hydrogens (tertiary/aromatic N) is 2. The van der Waals surface area contributed by atoms with Crippen molar-refractivity contribution in [2.24, 2.45) is 0 Å². The molecular weight excluding hydrogens is 396 g/mol. The van der Waals surface area contributed by atoms with Gasteiger partial charge in [-0.15, -0.1) is 0 Å². The number of carbonyl (C=O) groups excluding carboxylic acids is 1. The number of furan rings is 1. The molecule has 1 amide bonds. The Morgan fingerprint density at radius 1 is 1.25 bits per heavy atom. The van der Waals surface area contributed by atoms with Crippen LogP contribution in [0.4, 0.5) is 0 Å². The number of halogens is 1. The maximum Gasteiger partial charge on any atom is 0.289 e. The van der Waals surface area contributed by atoms with E-state index in [9.17, 15) is 13.2 Å². The van der Waals surface area contributed by atoms with Gasteiger partial charge < -0.3 is 9.32 Å². The third-order valence-electron chi connectivity index (χ3n) is 4.38. The van der Waals surface area contributed by atoms with Crippen LogP contribution in [0.1, 0.15) is 23.0 Å². The van der Waals surface area contributed by atoms with Crippen LogP contribution in [-0.2, 0) is 10.0 Å². The van der Waals surface area contributed by atoms with E-state index in [0.717, 1.165) is 15.4 Å². The van der Waals surface area contributed by atoms with Crippen molar-refractivity contribution in [3.05, 3.63) is 34.0 Å². The van der Waals surface area contributed by atoms with E-state index < -0.39 is 10.0 Å². The van der Waals surface area contributed by atoms with Crippen LogP contribution in [0, 0.1) is 6.92 Å². The average molecular weight is 415 g/mol. The lowest BCUT2D eigenvalue weighted by molar-refractivity contribution is 0.0667. The molecule has 2 heterocycles. The number of aryl methyl sites for hydroxylation is 1. The van der Waals surface area contributed by atoms with E-state index in [1.165, 1.54) is 4.31 Å². The first-order valence-corrected chi connectivity index (χ1v) is 10.2. The molecule has 0 bridgehead atoms. The first kappa shape index (κ1) is 17.4. The van der Waals surface area contributed by atoms with E-state index >= 15 is 0 Å². The Kier molecular flexibility index (Phi) is 4.72. The van der Waals surface area contributed by atoms with Crippen molar-refractivity contribution >= 4 is 42.8 Å². The van der Waals surface area contributed by atoms with Gasteiger partial charge in [0.15, 0.2) is 5.76 Å². The molecule has 2 aromatic rings. The smallest absolute Gasteiger partial charge is 0.289 e. The maximum absolute atomic E-state index is 12.8. The quantitative estimate of drug-likeness (QED) is 0.773. The molecule has 1 saturated heterocycles. The Hall–Kier alpha value is -1.38. The van der Waals surface area contributed by atoms with E-state index in [2.05, 4.69) is 15.9 Å². The van der Waals surface area contributed by atoms with E-state index in [0.29, 0.717) is 37.5 Å². The van der Waals surface area contributed by atoms with Crippen LogP contribution in [0.25, 0.3) is 11.0 Å². The van der Waals surface area contributed by atoms with Gasteiger partial charge in [0, 0.05) is 41.6 Å². The second-order valence-electron chi connectivity index (χ2n) is 5.79. The van der Waals surface area contributed by atoms with Gasteiger partial charge in [-0.3, -0.25) is 4.79 Å². The largest absolute Gasteiger partial charge is 0.451 e. The number of rotatable bonds is 3. The van der Waals surface area contributed by atoms with Gasteiger partial charge in [-0.25, -0.2) is 8.42 Å². The molecular formula is C16H19BrN2O4S. The molecule has 24 heavy (non-hydrogen) atoms. The minimum atomic E-state index is -3.20. The summed E-state index contributed by atoms with van der Waals surface area (Å²) in [5.41, 5.74) is 1.48. The van der Waals surface area contributed by atoms with Gasteiger partial charge in [0.05, 0.1) is 5.75 Å². The summed E-state index contributed by atoms with van der Waals surface area (Å²) in [5, 5.41) is 0.903. The lowest BCUT2D eigenvalue weighted by Gasteiger charge is -2.33. The summed E-state index contributed by atoms with van der Waals surface area (Å²) in [5.74, 6) is 0.224. The average Bonchev–Trinajstić information content (AvgIpc) is 2.91. The molecule has 1 aromatic carbocycles. The fraction of sp³-hybridized carbons (Fsp3) is 0.438. The third kappa shape index (κ3) is 3.10. The van der Waals surface area contributed by atoms with Gasteiger partial charge in [0.2, 0.25) is 10.0 Å². The second-order valence-corrected chi connectivity index (χ2v) is 8.96. The molecule has 8 heteroatoms. The molecule has 6 nitrogen and oxygen atoms in total. The number of amides is 1. The van der Waals surface area contributed by atoms with Crippen molar-refractivity contribution in [2.75, 3.05) is 31.9 Å². The van der Waals surface area contributed by atoms with Crippen LogP contribution in [0.3, 0.4) is 0 Å². The highest BCUT2D eigenvalue weighted by Crippen LogP contribution is 2.29. The molecule has 0 radical (unpaired) electrons.